The van der Waals surface area contributed by atoms with E-state index in [0.717, 1.165) is 0 Å². The van der Waals surface area contributed by atoms with Crippen LogP contribution in [0.2, 0.25) is 0 Å². The lowest BCUT2D eigenvalue weighted by Gasteiger charge is -2.20. The quantitative estimate of drug-likeness (QED) is 0.689. The number of nitrogens with zero attached hydrogens (tertiary/aromatic N) is 1. The van der Waals surface area contributed by atoms with E-state index in [4.69, 9.17) is 10.4 Å². The average molecular weight is 195 g/mol. The van der Waals surface area contributed by atoms with Crippen molar-refractivity contribution in [2.45, 2.75) is 32.6 Å². The molecule has 1 fully saturated rings. The van der Waals surface area contributed by atoms with E-state index >= 15 is 0 Å². The summed E-state index contributed by atoms with van der Waals surface area (Å²) in [6, 6.07) is 1.89. The Hall–Kier alpha value is -1.37. The van der Waals surface area contributed by atoms with Gasteiger partial charge in [-0.2, -0.15) is 5.26 Å². The van der Waals surface area contributed by atoms with Crippen molar-refractivity contribution in [3.8, 4) is 6.07 Å². The molecule has 2 unspecified atom stereocenters. The lowest BCUT2D eigenvalue weighted by Crippen LogP contribution is -2.36. The monoisotopic (exact) mass is 195 g/mol. The van der Waals surface area contributed by atoms with Gasteiger partial charge in [0.1, 0.15) is 5.41 Å². The van der Waals surface area contributed by atoms with E-state index in [9.17, 15) is 9.59 Å². The third-order valence-corrected chi connectivity index (χ3v) is 3.00. The molecular formula is C10H13NO3. The molecule has 1 rings (SSSR count). The lowest BCUT2D eigenvalue weighted by molar-refractivity contribution is -0.154. The van der Waals surface area contributed by atoms with Gasteiger partial charge in [-0.25, -0.2) is 0 Å². The van der Waals surface area contributed by atoms with Crippen LogP contribution in [0.1, 0.15) is 32.6 Å². The van der Waals surface area contributed by atoms with Crippen LogP contribution in [-0.4, -0.2) is 16.9 Å². The van der Waals surface area contributed by atoms with Gasteiger partial charge in [-0.05, 0) is 19.3 Å². The number of ketones is 1. The van der Waals surface area contributed by atoms with Crippen LogP contribution in [0.3, 0.4) is 0 Å². The predicted octanol–water partition coefficient (Wildman–Crippen LogP) is 1.36. The summed E-state index contributed by atoms with van der Waals surface area (Å²) in [4.78, 5) is 22.7. The smallest absolute Gasteiger partial charge is 0.317 e. The van der Waals surface area contributed by atoms with Crippen LogP contribution in [-0.2, 0) is 9.59 Å². The van der Waals surface area contributed by atoms with Gasteiger partial charge in [0.25, 0.3) is 0 Å². The zero-order chi connectivity index (χ0) is 10.8. The van der Waals surface area contributed by atoms with Crippen LogP contribution in [0.15, 0.2) is 0 Å². The summed E-state index contributed by atoms with van der Waals surface area (Å²) < 4.78 is 0. The molecule has 4 nitrogen and oxygen atoms in total. The molecule has 0 aromatic carbocycles. The Morgan fingerprint density at radius 1 is 1.79 bits per heavy atom. The van der Waals surface area contributed by atoms with Crippen LogP contribution in [0.25, 0.3) is 0 Å². The Balaban J connectivity index is 2.89. The van der Waals surface area contributed by atoms with Crippen molar-refractivity contribution in [3.05, 3.63) is 0 Å². The van der Waals surface area contributed by atoms with E-state index < -0.39 is 11.4 Å². The summed E-state index contributed by atoms with van der Waals surface area (Å²) in [5.74, 6) is -1.45. The Kier molecular flexibility index (Phi) is 2.90. The Bertz CT molecular complexity index is 305. The molecule has 0 aromatic heterocycles. The zero-order valence-electron chi connectivity index (χ0n) is 8.12. The number of rotatable bonds is 3. The molecule has 76 valence electrons. The zero-order valence-corrected chi connectivity index (χ0v) is 8.12. The number of Topliss-reactive ketones (excluding diaryl/α,β-unsaturated/α-hetero) is 1. The SMILES string of the molecule is CC1CCC(CCC#N)(C(=O)O)C1=O. The van der Waals surface area contributed by atoms with Gasteiger partial charge >= 0.3 is 5.97 Å². The minimum absolute atomic E-state index is 0.130. The van der Waals surface area contributed by atoms with Crippen LogP contribution in [0.4, 0.5) is 0 Å². The van der Waals surface area contributed by atoms with Gasteiger partial charge in [-0.15, -0.1) is 0 Å². The van der Waals surface area contributed by atoms with Crippen molar-refractivity contribution in [1.82, 2.24) is 0 Å². The Morgan fingerprint density at radius 3 is 2.79 bits per heavy atom. The molecule has 0 aromatic rings. The second-order valence-corrected chi connectivity index (χ2v) is 3.85. The van der Waals surface area contributed by atoms with Crippen molar-refractivity contribution in [3.63, 3.8) is 0 Å². The molecule has 1 saturated carbocycles. The van der Waals surface area contributed by atoms with Gasteiger partial charge in [0.15, 0.2) is 5.78 Å². The van der Waals surface area contributed by atoms with Crippen LogP contribution < -0.4 is 0 Å². The number of carbonyl (C=O) groups is 2. The maximum atomic E-state index is 11.7. The van der Waals surface area contributed by atoms with Crippen molar-refractivity contribution in [1.29, 1.82) is 5.26 Å². The number of nitriles is 1. The molecule has 0 radical (unpaired) electrons. The normalized spacial score (nSPS) is 31.4. The van der Waals surface area contributed by atoms with Gasteiger partial charge in [0.2, 0.25) is 0 Å². The molecule has 0 amide bonds. The number of hydrogen-bond donors (Lipinski definition) is 1. The van der Waals surface area contributed by atoms with E-state index in [1.807, 2.05) is 6.07 Å². The molecule has 0 aliphatic heterocycles. The molecule has 4 heteroatoms. The van der Waals surface area contributed by atoms with E-state index in [0.29, 0.717) is 12.8 Å². The first kappa shape index (κ1) is 10.7. The largest absolute Gasteiger partial charge is 0.480 e. The average Bonchev–Trinajstić information content (AvgIpc) is 2.43. The molecule has 14 heavy (non-hydrogen) atoms. The predicted molar refractivity (Wildman–Crippen MR) is 48.3 cm³/mol. The van der Waals surface area contributed by atoms with Crippen molar-refractivity contribution >= 4 is 11.8 Å². The maximum absolute atomic E-state index is 11.7. The van der Waals surface area contributed by atoms with E-state index in [2.05, 4.69) is 0 Å². The topological polar surface area (TPSA) is 78.2 Å². The molecule has 1 aliphatic carbocycles. The number of carboxylic acid groups (broad SMARTS) is 1. The summed E-state index contributed by atoms with van der Waals surface area (Å²) in [5.41, 5.74) is -1.27. The summed E-state index contributed by atoms with van der Waals surface area (Å²) in [7, 11) is 0. The third kappa shape index (κ3) is 1.50. The van der Waals surface area contributed by atoms with Crippen molar-refractivity contribution in [2.75, 3.05) is 0 Å². The number of carboxylic acids is 1. The minimum atomic E-state index is -1.27. The minimum Gasteiger partial charge on any atom is -0.480 e. The van der Waals surface area contributed by atoms with E-state index in [-0.39, 0.29) is 24.5 Å². The fourth-order valence-electron chi connectivity index (χ4n) is 2.03. The summed E-state index contributed by atoms with van der Waals surface area (Å²) in [5, 5.41) is 17.5. The van der Waals surface area contributed by atoms with Crippen molar-refractivity contribution < 1.29 is 14.7 Å². The van der Waals surface area contributed by atoms with Gasteiger partial charge in [0.05, 0.1) is 6.07 Å². The third-order valence-electron chi connectivity index (χ3n) is 3.00. The van der Waals surface area contributed by atoms with Gasteiger partial charge in [-0.1, -0.05) is 6.92 Å². The Morgan fingerprint density at radius 2 is 2.43 bits per heavy atom. The summed E-state index contributed by atoms with van der Waals surface area (Å²) in [6.45, 7) is 1.75. The first-order chi connectivity index (χ1) is 6.54. The number of hydrogen-bond acceptors (Lipinski definition) is 3. The summed E-state index contributed by atoms with van der Waals surface area (Å²) in [6.07, 6.45) is 1.29. The highest BCUT2D eigenvalue weighted by atomic mass is 16.4. The van der Waals surface area contributed by atoms with Crippen molar-refractivity contribution in [2.24, 2.45) is 11.3 Å². The second-order valence-electron chi connectivity index (χ2n) is 3.85. The summed E-state index contributed by atoms with van der Waals surface area (Å²) >= 11 is 0. The molecule has 1 aliphatic rings. The fraction of sp³-hybridized carbons (Fsp3) is 0.700. The number of aliphatic carboxylic acids is 1. The molecule has 2 atom stereocenters. The van der Waals surface area contributed by atoms with Gasteiger partial charge in [0, 0.05) is 12.3 Å². The molecule has 0 bridgehead atoms. The highest BCUT2D eigenvalue weighted by Gasteiger charge is 2.51. The molecule has 1 N–H and O–H groups in total. The maximum Gasteiger partial charge on any atom is 0.317 e. The van der Waals surface area contributed by atoms with Crippen LogP contribution >= 0.6 is 0 Å². The van der Waals surface area contributed by atoms with Gasteiger partial charge < -0.3 is 5.11 Å². The van der Waals surface area contributed by atoms with Crippen LogP contribution in [0.5, 0.6) is 0 Å². The second kappa shape index (κ2) is 3.79. The van der Waals surface area contributed by atoms with E-state index in [1.54, 1.807) is 6.92 Å². The molecular weight excluding hydrogens is 182 g/mol. The number of carbonyl (C=O) groups excluding carboxylic acids is 1. The molecule has 0 saturated heterocycles. The fourth-order valence-corrected chi connectivity index (χ4v) is 2.03. The first-order valence-corrected chi connectivity index (χ1v) is 4.69. The highest BCUT2D eigenvalue weighted by Crippen LogP contribution is 2.42. The highest BCUT2D eigenvalue weighted by molar-refractivity contribution is 6.05. The standard InChI is InChI=1S/C10H13NO3/c1-7-3-5-10(8(7)12,9(13)14)4-2-6-11/h7H,2-5H2,1H3,(H,13,14). The van der Waals surface area contributed by atoms with E-state index in [1.165, 1.54) is 0 Å². The Labute approximate surface area is 82.5 Å². The molecule has 0 spiro atoms. The van der Waals surface area contributed by atoms with Crippen LogP contribution in [0, 0.1) is 22.7 Å². The molecule has 0 heterocycles. The lowest BCUT2D eigenvalue weighted by atomic mass is 9.80. The van der Waals surface area contributed by atoms with Gasteiger partial charge in [-0.3, -0.25) is 9.59 Å². The first-order valence-electron chi connectivity index (χ1n) is 4.69.